The quantitative estimate of drug-likeness (QED) is 0.759. The van der Waals surface area contributed by atoms with Crippen LogP contribution >= 0.6 is 0 Å². The second kappa shape index (κ2) is 6.72. The molecule has 2 saturated heterocycles. The van der Waals surface area contributed by atoms with Crippen molar-refractivity contribution in [2.24, 2.45) is 5.92 Å². The van der Waals surface area contributed by atoms with Crippen LogP contribution in [-0.4, -0.2) is 32.7 Å². The van der Waals surface area contributed by atoms with Gasteiger partial charge in [0, 0.05) is 18.5 Å². The number of sulfonamides is 1. The molecule has 132 valence electrons. The van der Waals surface area contributed by atoms with Crippen LogP contribution in [0.15, 0.2) is 18.2 Å². The van der Waals surface area contributed by atoms with Crippen LogP contribution in [-0.2, 0) is 14.8 Å². The molecule has 2 aliphatic heterocycles. The van der Waals surface area contributed by atoms with E-state index in [2.05, 4.69) is 15.4 Å². The van der Waals surface area contributed by atoms with Crippen LogP contribution < -0.4 is 15.4 Å². The lowest BCUT2D eigenvalue weighted by Crippen LogP contribution is -2.39. The molecular formula is C17H25N3O3S. The normalized spacial score (nSPS) is 26.2. The fourth-order valence-electron chi connectivity index (χ4n) is 3.86. The van der Waals surface area contributed by atoms with Gasteiger partial charge >= 0.3 is 0 Å². The topological polar surface area (TPSA) is 87.3 Å². The van der Waals surface area contributed by atoms with Crippen LogP contribution in [0.1, 0.15) is 37.7 Å². The number of fused-ring (bicyclic) bond motifs is 2. The van der Waals surface area contributed by atoms with Crippen LogP contribution in [0.5, 0.6) is 0 Å². The number of carbonyl (C=O) groups excluding carboxylic acids is 1. The van der Waals surface area contributed by atoms with Gasteiger partial charge < -0.3 is 10.6 Å². The lowest BCUT2D eigenvalue weighted by molar-refractivity contribution is -0.117. The molecule has 1 aromatic rings. The van der Waals surface area contributed by atoms with Gasteiger partial charge in [-0.3, -0.25) is 9.52 Å². The number of benzene rings is 1. The Hall–Kier alpha value is -1.60. The lowest BCUT2D eigenvalue weighted by atomic mass is 9.89. The van der Waals surface area contributed by atoms with E-state index in [1.807, 2.05) is 13.0 Å². The fraction of sp³-hybridized carbons (Fsp3) is 0.588. The number of aryl methyl sites for hydroxylation is 1. The van der Waals surface area contributed by atoms with Crippen molar-refractivity contribution in [1.29, 1.82) is 0 Å². The maximum absolute atomic E-state index is 12.4. The zero-order valence-electron chi connectivity index (χ0n) is 14.1. The van der Waals surface area contributed by atoms with E-state index in [1.165, 1.54) is 12.8 Å². The molecule has 1 aromatic carbocycles. The number of carbonyl (C=O) groups is 1. The third-order valence-electron chi connectivity index (χ3n) is 4.79. The molecule has 0 radical (unpaired) electrons. The maximum atomic E-state index is 12.4. The van der Waals surface area contributed by atoms with E-state index in [9.17, 15) is 13.2 Å². The average molecular weight is 351 g/mol. The first-order valence-corrected chi connectivity index (χ1v) is 10.3. The molecule has 1 amide bonds. The molecule has 2 bridgehead atoms. The first-order valence-electron chi connectivity index (χ1n) is 8.43. The number of rotatable bonds is 5. The summed E-state index contributed by atoms with van der Waals surface area (Å²) in [6.07, 6.45) is 6.11. The van der Waals surface area contributed by atoms with Gasteiger partial charge in [0.25, 0.3) is 0 Å². The van der Waals surface area contributed by atoms with Gasteiger partial charge in [0.05, 0.1) is 17.6 Å². The Morgan fingerprint density at radius 3 is 2.50 bits per heavy atom. The van der Waals surface area contributed by atoms with E-state index >= 15 is 0 Å². The standard InChI is InChI=1S/C17H25N3O3S/c1-11-3-6-15(20-24(2,22)23)16(7-11)19-17(21)10-12-8-13-4-5-14(9-12)18-13/h3,6-7,12-14,18,20H,4-5,8-10H2,1-2H3,(H,19,21). The molecule has 2 fully saturated rings. The van der Waals surface area contributed by atoms with Gasteiger partial charge in [-0.1, -0.05) is 6.07 Å². The predicted molar refractivity (Wildman–Crippen MR) is 95.6 cm³/mol. The van der Waals surface area contributed by atoms with E-state index < -0.39 is 10.0 Å². The van der Waals surface area contributed by atoms with Crippen molar-refractivity contribution in [2.45, 2.75) is 51.1 Å². The summed E-state index contributed by atoms with van der Waals surface area (Å²) in [6, 6.07) is 6.40. The molecule has 0 saturated carbocycles. The average Bonchev–Trinajstić information content (AvgIpc) is 2.79. The Morgan fingerprint density at radius 2 is 1.88 bits per heavy atom. The van der Waals surface area contributed by atoms with E-state index in [1.54, 1.807) is 12.1 Å². The van der Waals surface area contributed by atoms with Crippen LogP contribution in [0.4, 0.5) is 11.4 Å². The van der Waals surface area contributed by atoms with E-state index in [4.69, 9.17) is 0 Å². The number of nitrogens with one attached hydrogen (secondary N) is 3. The molecule has 24 heavy (non-hydrogen) atoms. The van der Waals surface area contributed by atoms with Gasteiger partial charge in [0.2, 0.25) is 15.9 Å². The minimum absolute atomic E-state index is 0.0524. The summed E-state index contributed by atoms with van der Waals surface area (Å²) in [7, 11) is -3.39. The molecular weight excluding hydrogens is 326 g/mol. The van der Waals surface area contributed by atoms with E-state index in [-0.39, 0.29) is 5.91 Å². The third kappa shape index (κ3) is 4.48. The highest BCUT2D eigenvalue weighted by atomic mass is 32.2. The van der Waals surface area contributed by atoms with Crippen LogP contribution in [0.3, 0.4) is 0 Å². The molecule has 0 spiro atoms. The highest BCUT2D eigenvalue weighted by Crippen LogP contribution is 2.33. The zero-order chi connectivity index (χ0) is 17.3. The highest BCUT2D eigenvalue weighted by Gasteiger charge is 2.34. The summed E-state index contributed by atoms with van der Waals surface area (Å²) in [5, 5.41) is 6.46. The van der Waals surface area contributed by atoms with Crippen molar-refractivity contribution in [3.63, 3.8) is 0 Å². The van der Waals surface area contributed by atoms with Crippen LogP contribution in [0, 0.1) is 12.8 Å². The van der Waals surface area contributed by atoms with Crippen molar-refractivity contribution in [2.75, 3.05) is 16.3 Å². The molecule has 0 aliphatic carbocycles. The molecule has 3 rings (SSSR count). The Kier molecular flexibility index (Phi) is 4.83. The van der Waals surface area contributed by atoms with Gasteiger partial charge in [-0.25, -0.2) is 8.42 Å². The first kappa shape index (κ1) is 17.2. The van der Waals surface area contributed by atoms with Crippen molar-refractivity contribution in [3.8, 4) is 0 Å². The largest absolute Gasteiger partial charge is 0.324 e. The summed E-state index contributed by atoms with van der Waals surface area (Å²) < 4.78 is 25.4. The van der Waals surface area contributed by atoms with E-state index in [0.717, 1.165) is 24.7 Å². The monoisotopic (exact) mass is 351 g/mol. The van der Waals surface area contributed by atoms with Crippen molar-refractivity contribution < 1.29 is 13.2 Å². The second-order valence-corrected chi connectivity index (χ2v) is 8.90. The van der Waals surface area contributed by atoms with Crippen LogP contribution in [0.2, 0.25) is 0 Å². The predicted octanol–water partition coefficient (Wildman–Crippen LogP) is 2.23. The number of anilines is 2. The summed E-state index contributed by atoms with van der Waals surface area (Å²) >= 11 is 0. The second-order valence-electron chi connectivity index (χ2n) is 7.15. The zero-order valence-corrected chi connectivity index (χ0v) is 14.9. The molecule has 3 N–H and O–H groups in total. The Morgan fingerprint density at radius 1 is 1.21 bits per heavy atom. The Bertz CT molecular complexity index is 721. The van der Waals surface area contributed by atoms with Gasteiger partial charge in [-0.2, -0.15) is 0 Å². The minimum atomic E-state index is -3.39. The van der Waals surface area contributed by atoms with Crippen molar-refractivity contribution in [3.05, 3.63) is 23.8 Å². The molecule has 7 heteroatoms. The van der Waals surface area contributed by atoms with Gasteiger partial charge in [-0.05, 0) is 56.2 Å². The summed E-state index contributed by atoms with van der Waals surface area (Å²) in [6.45, 7) is 1.91. The number of amides is 1. The Balaban J connectivity index is 1.66. The molecule has 6 nitrogen and oxygen atoms in total. The van der Waals surface area contributed by atoms with Gasteiger partial charge in [-0.15, -0.1) is 0 Å². The van der Waals surface area contributed by atoms with Crippen molar-refractivity contribution in [1.82, 2.24) is 5.32 Å². The lowest BCUT2D eigenvalue weighted by Gasteiger charge is -2.28. The smallest absolute Gasteiger partial charge is 0.229 e. The van der Waals surface area contributed by atoms with Gasteiger partial charge in [0.1, 0.15) is 0 Å². The number of piperidine rings is 1. The summed E-state index contributed by atoms with van der Waals surface area (Å²) in [5.74, 6) is 0.350. The first-order chi connectivity index (χ1) is 11.3. The maximum Gasteiger partial charge on any atom is 0.229 e. The summed E-state index contributed by atoms with van der Waals surface area (Å²) in [4.78, 5) is 12.4. The molecule has 2 unspecified atom stereocenters. The number of hydrogen-bond acceptors (Lipinski definition) is 4. The SMILES string of the molecule is Cc1ccc(NS(C)(=O)=O)c(NC(=O)CC2CC3CCC(C2)N3)c1. The van der Waals surface area contributed by atoms with Crippen LogP contribution in [0.25, 0.3) is 0 Å². The minimum Gasteiger partial charge on any atom is -0.324 e. The summed E-state index contributed by atoms with van der Waals surface area (Å²) in [5.41, 5.74) is 1.88. The highest BCUT2D eigenvalue weighted by molar-refractivity contribution is 7.92. The Labute approximate surface area is 143 Å². The molecule has 2 heterocycles. The molecule has 2 atom stereocenters. The molecule has 2 aliphatic rings. The van der Waals surface area contributed by atoms with Gasteiger partial charge in [0.15, 0.2) is 0 Å². The third-order valence-corrected chi connectivity index (χ3v) is 5.38. The van der Waals surface area contributed by atoms with E-state index in [0.29, 0.717) is 35.8 Å². The fourth-order valence-corrected chi connectivity index (χ4v) is 4.43. The number of hydrogen-bond donors (Lipinski definition) is 3. The molecule has 0 aromatic heterocycles. The van der Waals surface area contributed by atoms with Crippen molar-refractivity contribution >= 4 is 27.3 Å².